The molecule has 6 heteroatoms. The number of benzene rings is 2. The zero-order valence-electron chi connectivity index (χ0n) is 15.8. The molecule has 3 heterocycles. The maximum absolute atomic E-state index is 13.2. The second-order valence-electron chi connectivity index (χ2n) is 7.22. The molecule has 0 spiro atoms. The molecule has 0 bridgehead atoms. The first kappa shape index (κ1) is 17.4. The van der Waals surface area contributed by atoms with Crippen LogP contribution in [0.1, 0.15) is 10.4 Å². The highest BCUT2D eigenvalue weighted by Gasteiger charge is 2.24. The van der Waals surface area contributed by atoms with Crippen LogP contribution in [0.5, 0.6) is 0 Å². The van der Waals surface area contributed by atoms with E-state index in [1.165, 1.54) is 11.5 Å². The van der Waals surface area contributed by atoms with Crippen LogP contribution in [-0.4, -0.2) is 47.0 Å². The number of carbonyl (C=O) groups is 1. The number of H-pyrrole nitrogens is 1. The summed E-state index contributed by atoms with van der Waals surface area (Å²) >= 11 is 0. The first-order valence-electron chi connectivity index (χ1n) is 9.71. The van der Waals surface area contributed by atoms with E-state index >= 15 is 0 Å². The summed E-state index contributed by atoms with van der Waals surface area (Å²) in [5.74, 6) is 0.964. The Labute approximate surface area is 167 Å². The number of amides is 1. The maximum Gasteiger partial charge on any atom is 0.254 e. The monoisotopic (exact) mass is 384 g/mol. The van der Waals surface area contributed by atoms with Crippen LogP contribution in [0.2, 0.25) is 0 Å². The average Bonchev–Trinajstić information content (AvgIpc) is 2.78. The van der Waals surface area contributed by atoms with Crippen molar-refractivity contribution in [3.63, 3.8) is 0 Å². The Kier molecular flexibility index (Phi) is 4.24. The Morgan fingerprint density at radius 1 is 0.862 bits per heavy atom. The van der Waals surface area contributed by atoms with E-state index in [1.807, 2.05) is 47.5 Å². The highest BCUT2D eigenvalue weighted by molar-refractivity contribution is 6.06. The van der Waals surface area contributed by atoms with Gasteiger partial charge in [0.1, 0.15) is 5.82 Å². The molecule has 0 unspecified atom stereocenters. The summed E-state index contributed by atoms with van der Waals surface area (Å²) in [4.78, 5) is 36.2. The highest BCUT2D eigenvalue weighted by Crippen LogP contribution is 2.25. The van der Waals surface area contributed by atoms with Crippen LogP contribution in [0, 0.1) is 0 Å². The third-order valence-electron chi connectivity index (χ3n) is 5.51. The summed E-state index contributed by atoms with van der Waals surface area (Å²) in [6.45, 7) is 2.72. The summed E-state index contributed by atoms with van der Waals surface area (Å²) in [5.41, 5.74) is 1.13. The molecule has 29 heavy (non-hydrogen) atoms. The van der Waals surface area contributed by atoms with Gasteiger partial charge in [0.25, 0.3) is 5.91 Å². The number of anilines is 1. The number of carbonyl (C=O) groups excluding carboxylic acids is 1. The van der Waals surface area contributed by atoms with Gasteiger partial charge in [-0.3, -0.25) is 9.59 Å². The summed E-state index contributed by atoms with van der Waals surface area (Å²) in [6.07, 6.45) is 1.84. The molecule has 1 aliphatic rings. The second kappa shape index (κ2) is 7.05. The predicted octanol–water partition coefficient (Wildman–Crippen LogP) is 3.04. The highest BCUT2D eigenvalue weighted by atomic mass is 16.2. The van der Waals surface area contributed by atoms with Crippen molar-refractivity contribution in [2.75, 3.05) is 31.1 Å². The van der Waals surface area contributed by atoms with Gasteiger partial charge in [-0.15, -0.1) is 0 Å². The van der Waals surface area contributed by atoms with Crippen LogP contribution in [0.3, 0.4) is 0 Å². The van der Waals surface area contributed by atoms with Gasteiger partial charge in [0.15, 0.2) is 0 Å². The lowest BCUT2D eigenvalue weighted by Crippen LogP contribution is -2.49. The SMILES string of the molecule is O=C(c1cccc2[nH]c(=O)ccc12)N1CCN(c2nccc3ccccc23)CC1. The van der Waals surface area contributed by atoms with Gasteiger partial charge in [-0.1, -0.05) is 30.3 Å². The Balaban J connectivity index is 1.38. The van der Waals surface area contributed by atoms with E-state index in [0.717, 1.165) is 29.7 Å². The topological polar surface area (TPSA) is 69.3 Å². The minimum absolute atomic E-state index is 0.00632. The van der Waals surface area contributed by atoms with Gasteiger partial charge < -0.3 is 14.8 Å². The van der Waals surface area contributed by atoms with Gasteiger partial charge >= 0.3 is 0 Å². The zero-order valence-corrected chi connectivity index (χ0v) is 15.8. The molecule has 1 saturated heterocycles. The van der Waals surface area contributed by atoms with Crippen molar-refractivity contribution in [2.24, 2.45) is 0 Å². The van der Waals surface area contributed by atoms with Crippen molar-refractivity contribution in [3.05, 3.63) is 82.8 Å². The van der Waals surface area contributed by atoms with Crippen LogP contribution >= 0.6 is 0 Å². The van der Waals surface area contributed by atoms with Crippen LogP contribution in [0.15, 0.2) is 71.7 Å². The number of pyridine rings is 2. The van der Waals surface area contributed by atoms with Crippen LogP contribution in [0.4, 0.5) is 5.82 Å². The van der Waals surface area contributed by atoms with E-state index in [-0.39, 0.29) is 11.5 Å². The van der Waals surface area contributed by atoms with E-state index in [1.54, 1.807) is 6.07 Å². The van der Waals surface area contributed by atoms with E-state index in [4.69, 9.17) is 0 Å². The van der Waals surface area contributed by atoms with E-state index < -0.39 is 0 Å². The Hall–Kier alpha value is -3.67. The third kappa shape index (κ3) is 3.12. The van der Waals surface area contributed by atoms with Crippen molar-refractivity contribution >= 4 is 33.4 Å². The molecule has 1 N–H and O–H groups in total. The summed E-state index contributed by atoms with van der Waals surface area (Å²) < 4.78 is 0. The molecule has 144 valence electrons. The second-order valence-corrected chi connectivity index (χ2v) is 7.22. The molecule has 2 aromatic heterocycles. The summed E-state index contributed by atoms with van der Waals surface area (Å²) in [7, 11) is 0. The van der Waals surface area contributed by atoms with Gasteiger partial charge in [-0.05, 0) is 29.7 Å². The molecule has 2 aromatic carbocycles. The summed E-state index contributed by atoms with van der Waals surface area (Å²) in [6, 6.07) is 18.9. The van der Waals surface area contributed by atoms with Crippen molar-refractivity contribution in [3.8, 4) is 0 Å². The van der Waals surface area contributed by atoms with Crippen LogP contribution < -0.4 is 10.5 Å². The molecule has 4 aromatic rings. The van der Waals surface area contributed by atoms with Crippen LogP contribution in [-0.2, 0) is 0 Å². The van der Waals surface area contributed by atoms with E-state index in [2.05, 4.69) is 27.0 Å². The Morgan fingerprint density at radius 3 is 2.55 bits per heavy atom. The third-order valence-corrected chi connectivity index (χ3v) is 5.51. The molecule has 0 atom stereocenters. The molecule has 1 fully saturated rings. The Morgan fingerprint density at radius 2 is 1.69 bits per heavy atom. The number of hydrogen-bond acceptors (Lipinski definition) is 4. The normalized spacial score (nSPS) is 14.5. The average molecular weight is 384 g/mol. The lowest BCUT2D eigenvalue weighted by molar-refractivity contribution is 0.0748. The van der Waals surface area contributed by atoms with Gasteiger partial charge in [-0.25, -0.2) is 4.98 Å². The van der Waals surface area contributed by atoms with Gasteiger partial charge in [0, 0.05) is 60.3 Å². The van der Waals surface area contributed by atoms with Gasteiger partial charge in [0.05, 0.1) is 0 Å². The van der Waals surface area contributed by atoms with Crippen LogP contribution in [0.25, 0.3) is 21.7 Å². The lowest BCUT2D eigenvalue weighted by atomic mass is 10.1. The number of aromatic amines is 1. The van der Waals surface area contributed by atoms with Crippen molar-refractivity contribution < 1.29 is 4.79 Å². The number of piperazine rings is 1. The van der Waals surface area contributed by atoms with Crippen molar-refractivity contribution in [1.82, 2.24) is 14.9 Å². The van der Waals surface area contributed by atoms with E-state index in [9.17, 15) is 9.59 Å². The minimum Gasteiger partial charge on any atom is -0.353 e. The summed E-state index contributed by atoms with van der Waals surface area (Å²) in [5, 5.41) is 3.07. The number of fused-ring (bicyclic) bond motifs is 2. The van der Waals surface area contributed by atoms with Gasteiger partial charge in [0.2, 0.25) is 5.56 Å². The molecule has 5 rings (SSSR count). The maximum atomic E-state index is 13.2. The number of hydrogen-bond donors (Lipinski definition) is 1. The molecule has 0 saturated carbocycles. The molecule has 1 aliphatic heterocycles. The number of rotatable bonds is 2. The molecular weight excluding hydrogens is 364 g/mol. The predicted molar refractivity (Wildman–Crippen MR) is 114 cm³/mol. The van der Waals surface area contributed by atoms with Crippen molar-refractivity contribution in [1.29, 1.82) is 0 Å². The van der Waals surface area contributed by atoms with Crippen molar-refractivity contribution in [2.45, 2.75) is 0 Å². The fourth-order valence-corrected chi connectivity index (χ4v) is 4.02. The molecule has 0 radical (unpaired) electrons. The molecule has 1 amide bonds. The fraction of sp³-hybridized carbons (Fsp3) is 0.174. The van der Waals surface area contributed by atoms with E-state index in [0.29, 0.717) is 24.2 Å². The quantitative estimate of drug-likeness (QED) is 0.577. The Bertz CT molecular complexity index is 1270. The molecular formula is C23H20N4O2. The first-order chi connectivity index (χ1) is 14.2. The number of nitrogens with one attached hydrogen (secondary N) is 1. The number of nitrogens with zero attached hydrogens (tertiary/aromatic N) is 3. The standard InChI is InChI=1S/C23H20N4O2/c28-21-9-8-18-19(6-3-7-20(18)25-21)23(29)27-14-12-26(13-15-27)22-17-5-2-1-4-16(17)10-11-24-22/h1-11H,12-15H2,(H,25,28). The first-order valence-corrected chi connectivity index (χ1v) is 9.71. The zero-order chi connectivity index (χ0) is 19.8. The molecule has 0 aliphatic carbocycles. The largest absolute Gasteiger partial charge is 0.353 e. The number of aromatic nitrogens is 2. The minimum atomic E-state index is -0.168. The lowest BCUT2D eigenvalue weighted by Gasteiger charge is -2.36. The molecule has 6 nitrogen and oxygen atoms in total. The van der Waals surface area contributed by atoms with Gasteiger partial charge in [-0.2, -0.15) is 0 Å². The smallest absolute Gasteiger partial charge is 0.254 e. The fourth-order valence-electron chi connectivity index (χ4n) is 4.02.